The van der Waals surface area contributed by atoms with Gasteiger partial charge in [-0.1, -0.05) is 59.7 Å². The molecule has 0 aliphatic heterocycles. The van der Waals surface area contributed by atoms with Crippen molar-refractivity contribution in [3.63, 3.8) is 0 Å². The molecule has 0 spiro atoms. The van der Waals surface area contributed by atoms with Gasteiger partial charge >= 0.3 is 0 Å². The Morgan fingerprint density at radius 2 is 1.76 bits per heavy atom. The third-order valence-corrected chi connectivity index (χ3v) is 5.78. The van der Waals surface area contributed by atoms with Gasteiger partial charge in [-0.2, -0.15) is 0 Å². The molecule has 3 nitrogen and oxygen atoms in total. The number of hydrogen-bond acceptors (Lipinski definition) is 3. The lowest BCUT2D eigenvalue weighted by Crippen LogP contribution is -2.20. The van der Waals surface area contributed by atoms with E-state index < -0.39 is 0 Å². The average Bonchev–Trinajstić information content (AvgIpc) is 3.41. The summed E-state index contributed by atoms with van der Waals surface area (Å²) in [5.74, 6) is 0.927. The second-order valence-corrected chi connectivity index (χ2v) is 10.7. The zero-order valence-electron chi connectivity index (χ0n) is 18.8. The Labute approximate surface area is 175 Å². The highest BCUT2D eigenvalue weighted by Crippen LogP contribution is 2.51. The predicted octanol–water partition coefficient (Wildman–Crippen LogP) is 6.50. The largest absolute Gasteiger partial charge is 0.492 e. The van der Waals surface area contributed by atoms with E-state index in [-0.39, 0.29) is 22.0 Å². The number of aromatic nitrogens is 1. The van der Waals surface area contributed by atoms with E-state index >= 15 is 0 Å². The maximum absolute atomic E-state index is 13.4. The van der Waals surface area contributed by atoms with Crippen LogP contribution in [0, 0.1) is 5.41 Å². The minimum atomic E-state index is -0.0985. The Morgan fingerprint density at radius 1 is 1.03 bits per heavy atom. The number of rotatable bonds is 7. The minimum Gasteiger partial charge on any atom is -0.492 e. The number of ether oxygens (including phenoxy) is 1. The first-order valence-electron chi connectivity index (χ1n) is 10.7. The normalized spacial score (nSPS) is 15.8. The molecule has 1 saturated carbocycles. The fraction of sp³-hybridized carbons (Fsp3) is 0.538. The van der Waals surface area contributed by atoms with Crippen LogP contribution >= 0.6 is 0 Å². The molecule has 3 heteroatoms. The molecule has 0 bridgehead atoms. The molecule has 0 N–H and O–H groups in total. The van der Waals surface area contributed by atoms with Crippen molar-refractivity contribution < 1.29 is 9.53 Å². The summed E-state index contributed by atoms with van der Waals surface area (Å²) in [4.78, 5) is 18.0. The van der Waals surface area contributed by atoms with E-state index in [2.05, 4.69) is 52.6 Å². The summed E-state index contributed by atoms with van der Waals surface area (Å²) in [6.45, 7) is 13.8. The van der Waals surface area contributed by atoms with E-state index in [9.17, 15) is 4.79 Å². The molecule has 156 valence electrons. The summed E-state index contributed by atoms with van der Waals surface area (Å²) in [6, 6.07) is 12.0. The van der Waals surface area contributed by atoms with Gasteiger partial charge in [-0.25, -0.2) is 0 Å². The topological polar surface area (TPSA) is 39.2 Å². The Hall–Kier alpha value is -2.16. The first kappa shape index (κ1) is 21.5. The molecule has 1 heterocycles. The number of para-hydroxylation sites is 1. The van der Waals surface area contributed by atoms with Gasteiger partial charge in [0.05, 0.1) is 12.2 Å². The lowest BCUT2D eigenvalue weighted by molar-refractivity contribution is 0.0964. The van der Waals surface area contributed by atoms with Gasteiger partial charge in [0.2, 0.25) is 0 Å². The molecule has 3 rings (SSSR count). The number of carbonyl (C=O) groups excluding carboxylic acids is 1. The monoisotopic (exact) mass is 393 g/mol. The van der Waals surface area contributed by atoms with E-state index in [0.29, 0.717) is 18.6 Å². The van der Waals surface area contributed by atoms with Gasteiger partial charge in [-0.3, -0.25) is 9.78 Å². The molecule has 0 radical (unpaired) electrons. The lowest BCUT2D eigenvalue weighted by Gasteiger charge is -2.26. The van der Waals surface area contributed by atoms with E-state index in [1.807, 2.05) is 36.5 Å². The Bertz CT molecular complexity index is 853. The first-order valence-corrected chi connectivity index (χ1v) is 10.7. The molecule has 0 amide bonds. The number of nitrogens with zero attached hydrogens (tertiary/aromatic N) is 1. The van der Waals surface area contributed by atoms with Crippen LogP contribution in [0.15, 0.2) is 42.6 Å². The highest BCUT2D eigenvalue weighted by atomic mass is 16.5. The second-order valence-electron chi connectivity index (χ2n) is 10.7. The van der Waals surface area contributed by atoms with Crippen molar-refractivity contribution >= 4 is 5.78 Å². The molecular weight excluding hydrogens is 358 g/mol. The summed E-state index contributed by atoms with van der Waals surface area (Å²) in [6.07, 6.45) is 5.30. The van der Waals surface area contributed by atoms with Gasteiger partial charge < -0.3 is 4.74 Å². The zero-order valence-corrected chi connectivity index (χ0v) is 18.8. The van der Waals surface area contributed by atoms with Crippen molar-refractivity contribution in [3.8, 4) is 5.75 Å². The number of ketones is 1. The smallest absolute Gasteiger partial charge is 0.167 e. The van der Waals surface area contributed by atoms with Gasteiger partial charge in [-0.05, 0) is 48.3 Å². The van der Waals surface area contributed by atoms with E-state index in [1.54, 1.807) is 0 Å². The van der Waals surface area contributed by atoms with Crippen LogP contribution in [0.25, 0.3) is 0 Å². The lowest BCUT2D eigenvalue weighted by atomic mass is 9.83. The maximum Gasteiger partial charge on any atom is 0.167 e. The second kappa shape index (κ2) is 7.93. The van der Waals surface area contributed by atoms with Crippen molar-refractivity contribution in [2.45, 2.75) is 78.1 Å². The maximum atomic E-state index is 13.4. The molecule has 0 unspecified atom stereocenters. The van der Waals surface area contributed by atoms with Crippen LogP contribution in [0.2, 0.25) is 0 Å². The fourth-order valence-electron chi connectivity index (χ4n) is 3.72. The Kier molecular flexibility index (Phi) is 5.89. The van der Waals surface area contributed by atoms with Gasteiger partial charge in [-0.15, -0.1) is 0 Å². The van der Waals surface area contributed by atoms with Crippen molar-refractivity contribution in [1.29, 1.82) is 0 Å². The summed E-state index contributed by atoms with van der Waals surface area (Å²) in [7, 11) is 0. The van der Waals surface area contributed by atoms with Crippen LogP contribution in [-0.4, -0.2) is 17.4 Å². The van der Waals surface area contributed by atoms with Crippen molar-refractivity contribution in [2.24, 2.45) is 5.41 Å². The third-order valence-electron chi connectivity index (χ3n) is 5.78. The highest BCUT2D eigenvalue weighted by Gasteiger charge is 2.47. The zero-order chi connectivity index (χ0) is 21.3. The molecule has 1 aliphatic carbocycles. The number of pyridine rings is 1. The average molecular weight is 394 g/mol. The standard InChI is InChI=1S/C26H35NO2/c1-24(2,3)15-17-29-23-19(10-9-11-20(23)25(4,5)6)21(28)18-26(13-14-26)22-12-7-8-16-27-22/h7-12,16H,13-15,17-18H2,1-6H3. The quantitative estimate of drug-likeness (QED) is 0.504. The Balaban J connectivity index is 1.88. The molecule has 1 aliphatic rings. The van der Waals surface area contributed by atoms with Gasteiger partial charge in [0, 0.05) is 29.3 Å². The van der Waals surface area contributed by atoms with Crippen LogP contribution < -0.4 is 4.74 Å². The van der Waals surface area contributed by atoms with Crippen LogP contribution in [-0.2, 0) is 10.8 Å². The molecule has 0 saturated heterocycles. The van der Waals surface area contributed by atoms with Crippen molar-refractivity contribution in [1.82, 2.24) is 4.98 Å². The molecule has 1 fully saturated rings. The van der Waals surface area contributed by atoms with Crippen LogP contribution in [0.3, 0.4) is 0 Å². The Morgan fingerprint density at radius 3 is 2.31 bits per heavy atom. The van der Waals surface area contributed by atoms with E-state index in [1.165, 1.54) is 0 Å². The summed E-state index contributed by atoms with van der Waals surface area (Å²) in [5, 5.41) is 0. The number of carbonyl (C=O) groups is 1. The van der Waals surface area contributed by atoms with Crippen molar-refractivity contribution in [3.05, 3.63) is 59.4 Å². The fourth-order valence-corrected chi connectivity index (χ4v) is 3.72. The van der Waals surface area contributed by atoms with Crippen LogP contribution in [0.5, 0.6) is 5.75 Å². The highest BCUT2D eigenvalue weighted by molar-refractivity contribution is 6.00. The molecule has 1 aromatic heterocycles. The van der Waals surface area contributed by atoms with Gasteiger partial charge in [0.1, 0.15) is 5.75 Å². The molecule has 1 aromatic carbocycles. The van der Waals surface area contributed by atoms with Crippen LogP contribution in [0.4, 0.5) is 0 Å². The first-order chi connectivity index (χ1) is 13.5. The minimum absolute atomic E-state index is 0.0917. The summed E-state index contributed by atoms with van der Waals surface area (Å²) >= 11 is 0. The van der Waals surface area contributed by atoms with Gasteiger partial charge in [0.15, 0.2) is 5.78 Å². The van der Waals surface area contributed by atoms with Crippen molar-refractivity contribution in [2.75, 3.05) is 6.61 Å². The van der Waals surface area contributed by atoms with Gasteiger partial charge in [0.25, 0.3) is 0 Å². The number of hydrogen-bond donors (Lipinski definition) is 0. The third kappa shape index (κ3) is 5.26. The number of benzene rings is 1. The SMILES string of the molecule is CC(C)(C)CCOc1c(C(=O)CC2(c3ccccn3)CC2)cccc1C(C)(C)C. The molecule has 29 heavy (non-hydrogen) atoms. The van der Waals surface area contributed by atoms with E-state index in [4.69, 9.17) is 4.74 Å². The number of Topliss-reactive ketones (excluding diaryl/α,β-unsaturated/α-hetero) is 1. The van der Waals surface area contributed by atoms with Crippen LogP contribution in [0.1, 0.15) is 88.8 Å². The molecule has 0 atom stereocenters. The summed E-state index contributed by atoms with van der Waals surface area (Å²) in [5.41, 5.74) is 2.85. The summed E-state index contributed by atoms with van der Waals surface area (Å²) < 4.78 is 6.30. The predicted molar refractivity (Wildman–Crippen MR) is 119 cm³/mol. The molecule has 2 aromatic rings. The molecular formula is C26H35NO2. The van der Waals surface area contributed by atoms with E-state index in [0.717, 1.165) is 36.3 Å².